The van der Waals surface area contributed by atoms with Gasteiger partial charge in [0.15, 0.2) is 11.5 Å². The van der Waals surface area contributed by atoms with Gasteiger partial charge in [-0.3, -0.25) is 4.72 Å². The SMILES string of the molecule is COC(=O)c1cc(OC)c(OC)c(OC)c1NS(=O)(=O)c1cccc(F)c1. The van der Waals surface area contributed by atoms with E-state index in [0.29, 0.717) is 0 Å². The zero-order valence-corrected chi connectivity index (χ0v) is 15.8. The number of rotatable bonds is 7. The summed E-state index contributed by atoms with van der Waals surface area (Å²) in [4.78, 5) is 11.8. The van der Waals surface area contributed by atoms with Crippen molar-refractivity contribution in [2.24, 2.45) is 0 Å². The highest BCUT2D eigenvalue weighted by Crippen LogP contribution is 2.46. The molecule has 8 nitrogen and oxygen atoms in total. The highest BCUT2D eigenvalue weighted by atomic mass is 32.2. The third-order valence-corrected chi connectivity index (χ3v) is 4.93. The molecule has 0 aliphatic heterocycles. The molecular formula is C17H18FNO7S. The summed E-state index contributed by atoms with van der Waals surface area (Å²) >= 11 is 0. The Balaban J connectivity index is 2.71. The molecule has 0 fully saturated rings. The fraction of sp³-hybridized carbons (Fsp3) is 0.235. The van der Waals surface area contributed by atoms with E-state index in [9.17, 15) is 17.6 Å². The quantitative estimate of drug-likeness (QED) is 0.714. The van der Waals surface area contributed by atoms with Crippen molar-refractivity contribution in [2.75, 3.05) is 33.2 Å². The monoisotopic (exact) mass is 399 g/mol. The molecule has 10 heteroatoms. The number of hydrogen-bond acceptors (Lipinski definition) is 7. The standard InChI is InChI=1S/C17H18FNO7S/c1-23-13-9-12(17(20)26-4)14(16(25-3)15(13)24-2)19-27(21,22)11-7-5-6-10(18)8-11/h5-9,19H,1-4H3. The van der Waals surface area contributed by atoms with Crippen LogP contribution in [0.4, 0.5) is 10.1 Å². The van der Waals surface area contributed by atoms with Gasteiger partial charge in [0.25, 0.3) is 10.0 Å². The van der Waals surface area contributed by atoms with E-state index >= 15 is 0 Å². The third kappa shape index (κ3) is 4.05. The number of nitrogens with one attached hydrogen (secondary N) is 1. The maximum Gasteiger partial charge on any atom is 0.340 e. The first-order valence-corrected chi connectivity index (χ1v) is 8.97. The van der Waals surface area contributed by atoms with Crippen LogP contribution in [0.15, 0.2) is 35.2 Å². The summed E-state index contributed by atoms with van der Waals surface area (Å²) in [5, 5.41) is 0. The Labute approximate surface area is 155 Å². The molecule has 0 heterocycles. The number of sulfonamides is 1. The lowest BCUT2D eigenvalue weighted by Gasteiger charge is -2.19. The van der Waals surface area contributed by atoms with Crippen LogP contribution in [0.25, 0.3) is 0 Å². The second-order valence-electron chi connectivity index (χ2n) is 5.12. The highest BCUT2D eigenvalue weighted by molar-refractivity contribution is 7.92. The largest absolute Gasteiger partial charge is 0.493 e. The van der Waals surface area contributed by atoms with Crippen LogP contribution in [0.5, 0.6) is 17.2 Å². The maximum atomic E-state index is 13.4. The van der Waals surface area contributed by atoms with E-state index in [0.717, 1.165) is 19.2 Å². The van der Waals surface area contributed by atoms with Gasteiger partial charge in [0.1, 0.15) is 11.5 Å². The molecule has 2 rings (SSSR count). The molecule has 2 aromatic carbocycles. The molecule has 2 aromatic rings. The lowest BCUT2D eigenvalue weighted by atomic mass is 10.1. The fourth-order valence-electron chi connectivity index (χ4n) is 2.36. The Morgan fingerprint density at radius 2 is 1.67 bits per heavy atom. The summed E-state index contributed by atoms with van der Waals surface area (Å²) in [6.07, 6.45) is 0. The minimum absolute atomic E-state index is 0.0598. The lowest BCUT2D eigenvalue weighted by molar-refractivity contribution is 0.0601. The van der Waals surface area contributed by atoms with E-state index < -0.39 is 21.8 Å². The third-order valence-electron chi connectivity index (χ3n) is 3.58. The molecule has 0 radical (unpaired) electrons. The van der Waals surface area contributed by atoms with Gasteiger partial charge >= 0.3 is 5.97 Å². The van der Waals surface area contributed by atoms with Crippen molar-refractivity contribution in [1.82, 2.24) is 0 Å². The van der Waals surface area contributed by atoms with Gasteiger partial charge in [0, 0.05) is 6.07 Å². The molecule has 0 amide bonds. The van der Waals surface area contributed by atoms with Crippen LogP contribution in [0.2, 0.25) is 0 Å². The summed E-state index contributed by atoms with van der Waals surface area (Å²) in [7, 11) is 0.811. The summed E-state index contributed by atoms with van der Waals surface area (Å²) in [6.45, 7) is 0. The first-order valence-electron chi connectivity index (χ1n) is 7.48. The van der Waals surface area contributed by atoms with Crippen molar-refractivity contribution >= 4 is 21.7 Å². The van der Waals surface area contributed by atoms with E-state index in [-0.39, 0.29) is 33.4 Å². The average Bonchev–Trinajstić information content (AvgIpc) is 2.66. The number of carbonyl (C=O) groups is 1. The van der Waals surface area contributed by atoms with Gasteiger partial charge in [-0.25, -0.2) is 17.6 Å². The van der Waals surface area contributed by atoms with Crippen LogP contribution in [0, 0.1) is 5.82 Å². The van der Waals surface area contributed by atoms with Crippen LogP contribution < -0.4 is 18.9 Å². The van der Waals surface area contributed by atoms with Crippen molar-refractivity contribution in [1.29, 1.82) is 0 Å². The number of ether oxygens (including phenoxy) is 4. The van der Waals surface area contributed by atoms with Crippen LogP contribution in [0.3, 0.4) is 0 Å². The average molecular weight is 399 g/mol. The summed E-state index contributed by atoms with van der Waals surface area (Å²) in [6, 6.07) is 5.65. The van der Waals surface area contributed by atoms with Gasteiger partial charge in [0.05, 0.1) is 38.9 Å². The Morgan fingerprint density at radius 3 is 2.19 bits per heavy atom. The van der Waals surface area contributed by atoms with E-state index in [1.54, 1.807) is 0 Å². The summed E-state index contributed by atoms with van der Waals surface area (Å²) < 4.78 is 61.3. The van der Waals surface area contributed by atoms with Crippen LogP contribution in [-0.4, -0.2) is 42.8 Å². The van der Waals surface area contributed by atoms with Crippen LogP contribution in [-0.2, 0) is 14.8 Å². The van der Waals surface area contributed by atoms with Crippen molar-refractivity contribution in [3.8, 4) is 17.2 Å². The van der Waals surface area contributed by atoms with Gasteiger partial charge in [-0.15, -0.1) is 0 Å². The van der Waals surface area contributed by atoms with E-state index in [1.165, 1.54) is 39.5 Å². The Morgan fingerprint density at radius 1 is 1.00 bits per heavy atom. The summed E-state index contributed by atoms with van der Waals surface area (Å²) in [5.74, 6) is -1.48. The molecule has 0 aromatic heterocycles. The Hall–Kier alpha value is -3.01. The first-order chi connectivity index (χ1) is 12.8. The number of esters is 1. The number of carbonyl (C=O) groups excluding carboxylic acids is 1. The molecule has 0 atom stereocenters. The van der Waals surface area contributed by atoms with Crippen molar-refractivity contribution < 1.29 is 36.6 Å². The number of methoxy groups -OCH3 is 4. The topological polar surface area (TPSA) is 100 Å². The van der Waals surface area contributed by atoms with Crippen molar-refractivity contribution in [3.63, 3.8) is 0 Å². The second-order valence-corrected chi connectivity index (χ2v) is 6.80. The minimum atomic E-state index is -4.25. The van der Waals surface area contributed by atoms with E-state index in [1.807, 2.05) is 0 Å². The Bertz CT molecular complexity index is 960. The zero-order valence-electron chi connectivity index (χ0n) is 15.0. The molecule has 1 N–H and O–H groups in total. The predicted molar refractivity (Wildman–Crippen MR) is 94.6 cm³/mol. The molecule has 0 saturated heterocycles. The smallest absolute Gasteiger partial charge is 0.340 e. The number of hydrogen-bond donors (Lipinski definition) is 1. The molecule has 0 aliphatic carbocycles. The molecule has 0 bridgehead atoms. The molecule has 146 valence electrons. The van der Waals surface area contributed by atoms with Gasteiger partial charge in [-0.1, -0.05) is 6.07 Å². The molecule has 0 unspecified atom stereocenters. The number of anilines is 1. The minimum Gasteiger partial charge on any atom is -0.493 e. The molecule has 0 saturated carbocycles. The van der Waals surface area contributed by atoms with Gasteiger partial charge < -0.3 is 18.9 Å². The predicted octanol–water partition coefficient (Wildman–Crippen LogP) is 2.44. The molecule has 0 aliphatic rings. The second kappa shape index (κ2) is 8.12. The van der Waals surface area contributed by atoms with Gasteiger partial charge in [-0.05, 0) is 18.2 Å². The highest BCUT2D eigenvalue weighted by Gasteiger charge is 2.28. The maximum absolute atomic E-state index is 13.4. The van der Waals surface area contributed by atoms with Gasteiger partial charge in [0.2, 0.25) is 5.75 Å². The number of benzene rings is 2. The fourth-order valence-corrected chi connectivity index (χ4v) is 3.47. The van der Waals surface area contributed by atoms with Crippen LogP contribution in [0.1, 0.15) is 10.4 Å². The van der Waals surface area contributed by atoms with E-state index in [2.05, 4.69) is 4.72 Å². The molecule has 27 heavy (non-hydrogen) atoms. The lowest BCUT2D eigenvalue weighted by Crippen LogP contribution is -2.18. The Kier molecular flexibility index (Phi) is 6.11. The van der Waals surface area contributed by atoms with Crippen molar-refractivity contribution in [2.45, 2.75) is 4.90 Å². The summed E-state index contributed by atoms with van der Waals surface area (Å²) in [5.41, 5.74) is -0.404. The normalized spacial score (nSPS) is 10.9. The van der Waals surface area contributed by atoms with Crippen molar-refractivity contribution in [3.05, 3.63) is 41.7 Å². The number of halogens is 1. The first kappa shape index (κ1) is 20.3. The van der Waals surface area contributed by atoms with E-state index in [4.69, 9.17) is 18.9 Å². The molecule has 0 spiro atoms. The zero-order chi connectivity index (χ0) is 20.2. The van der Waals surface area contributed by atoms with Crippen LogP contribution >= 0.6 is 0 Å². The van der Waals surface area contributed by atoms with Gasteiger partial charge in [-0.2, -0.15) is 0 Å². The molecular weight excluding hydrogens is 381 g/mol.